The topological polar surface area (TPSA) is 158 Å². The van der Waals surface area contributed by atoms with Crippen LogP contribution in [0.3, 0.4) is 0 Å². The lowest BCUT2D eigenvalue weighted by Gasteiger charge is -2.42. The number of rotatable bonds is 22. The van der Waals surface area contributed by atoms with Crippen molar-refractivity contribution in [2.24, 2.45) is 11.8 Å². The molecule has 3 atom stereocenters. The molecule has 1 aliphatic carbocycles. The molecule has 0 unspecified atom stereocenters. The number of fused-ring (bicyclic) bond motifs is 1. The summed E-state index contributed by atoms with van der Waals surface area (Å²) in [4.78, 5) is 40.7. The fourth-order valence-corrected chi connectivity index (χ4v) is 14.7. The van der Waals surface area contributed by atoms with E-state index in [-0.39, 0.29) is 36.5 Å². The maximum Gasteiger partial charge on any atom is 0.410 e. The third-order valence-corrected chi connectivity index (χ3v) is 18.2. The molecule has 1 heterocycles. The van der Waals surface area contributed by atoms with Gasteiger partial charge in [0, 0.05) is 55.0 Å². The van der Waals surface area contributed by atoms with Gasteiger partial charge in [0.15, 0.2) is 8.32 Å². The first-order valence-corrected chi connectivity index (χ1v) is 25.5. The summed E-state index contributed by atoms with van der Waals surface area (Å²) in [5.74, 6) is -0.377. The second-order valence-corrected chi connectivity index (χ2v) is 23.6. The van der Waals surface area contributed by atoms with Gasteiger partial charge < -0.3 is 39.7 Å². The van der Waals surface area contributed by atoms with Gasteiger partial charge in [-0.1, -0.05) is 133 Å². The highest BCUT2D eigenvalue weighted by Gasteiger charge is 2.45. The van der Waals surface area contributed by atoms with E-state index in [1.54, 1.807) is 4.90 Å². The zero-order valence-corrected chi connectivity index (χ0v) is 40.5. The van der Waals surface area contributed by atoms with Crippen LogP contribution in [0, 0.1) is 23.2 Å². The molecule has 14 heteroatoms. The molecule has 1 aromatic heterocycles. The minimum atomic E-state index is -1.91. The zero-order valence-electron chi connectivity index (χ0n) is 37.9. The monoisotopic (exact) mass is 924 g/mol. The van der Waals surface area contributed by atoms with Crippen molar-refractivity contribution in [2.45, 2.75) is 129 Å². The third kappa shape index (κ3) is 15.5. The van der Waals surface area contributed by atoms with E-state index in [1.807, 2.05) is 79.1 Å². The van der Waals surface area contributed by atoms with E-state index in [9.17, 15) is 19.6 Å². The Morgan fingerprint density at radius 3 is 2.21 bits per heavy atom. The highest BCUT2D eigenvalue weighted by Crippen LogP contribution is 2.42. The van der Waals surface area contributed by atoms with Crippen LogP contribution in [0.5, 0.6) is 0 Å². The van der Waals surface area contributed by atoms with Gasteiger partial charge in [-0.25, -0.2) is 4.79 Å². The molecule has 3 aromatic rings. The average molecular weight is 926 g/mol. The van der Waals surface area contributed by atoms with Crippen molar-refractivity contribution in [3.05, 3.63) is 71.9 Å². The SMILES string of the molecule is CC(C)C[C@@H](C#N)NC(=O)[C@@H]1CCCC[C@@H]1NC(=O)c1cc2ccccc2n1CCNCCO.CC(C)[Si](OCCN(CCBr)C(=O)OCc1ccccc1)(C(C)C)C(C)C. The number of ether oxygens (including phenoxy) is 1. The Kier molecular flexibility index (Phi) is 22.6. The van der Waals surface area contributed by atoms with E-state index in [0.29, 0.717) is 92.3 Å². The number of nitriles is 1. The van der Waals surface area contributed by atoms with E-state index in [1.165, 1.54) is 0 Å². The Labute approximate surface area is 374 Å². The van der Waals surface area contributed by atoms with Crippen LogP contribution in [0.4, 0.5) is 4.79 Å². The van der Waals surface area contributed by atoms with Crippen molar-refractivity contribution in [3.8, 4) is 6.07 Å². The lowest BCUT2D eigenvalue weighted by atomic mass is 9.83. The molecule has 1 saturated carbocycles. The van der Waals surface area contributed by atoms with Crippen LogP contribution in [0.15, 0.2) is 60.7 Å². The number of hydrogen-bond donors (Lipinski definition) is 4. The number of nitrogens with zero attached hydrogens (tertiary/aromatic N) is 3. The molecule has 3 amide bonds. The van der Waals surface area contributed by atoms with Crippen LogP contribution in [0.25, 0.3) is 10.9 Å². The lowest BCUT2D eigenvalue weighted by molar-refractivity contribution is -0.127. The Morgan fingerprint density at radius 2 is 1.59 bits per heavy atom. The number of carbonyl (C=O) groups is 3. The van der Waals surface area contributed by atoms with E-state index < -0.39 is 14.4 Å². The largest absolute Gasteiger partial charge is 0.445 e. The summed E-state index contributed by atoms with van der Waals surface area (Å²) < 4.78 is 14.1. The zero-order chi connectivity index (χ0) is 45.0. The number of halogens is 1. The number of amides is 3. The predicted octanol–water partition coefficient (Wildman–Crippen LogP) is 8.78. The maximum atomic E-state index is 13.4. The molecule has 2 aromatic carbocycles. The Hall–Kier alpha value is -3.74. The summed E-state index contributed by atoms with van der Waals surface area (Å²) in [6.45, 7) is 21.5. The molecule has 0 saturated heterocycles. The molecule has 61 heavy (non-hydrogen) atoms. The molecule has 1 aliphatic rings. The third-order valence-electron chi connectivity index (χ3n) is 11.7. The van der Waals surface area contributed by atoms with Gasteiger partial charge in [0.2, 0.25) is 5.91 Å². The number of aromatic nitrogens is 1. The second kappa shape index (κ2) is 26.7. The standard InChI is InChI=1S/C26H37N5O3.C21H36BrNO3Si/c1-18(2)15-20(17-27)29-25(33)21-8-4-5-9-22(21)30-26(34)24-16-19-7-3-6-10-23(19)31(24)13-11-28-12-14-32;1-17(2)27(18(3)4,19(5)6)26-15-14-23(13-12-22)21(24)25-16-20-10-8-7-9-11-20/h3,6-7,10,16,18,20-22,28,32H,4-5,8-9,11-15H2,1-2H3,(H,29,33)(H,30,34);7-11,17-19H,12-16H2,1-6H3/t20-,21+,22-;/m0./s1. The highest BCUT2D eigenvalue weighted by atomic mass is 79.9. The van der Waals surface area contributed by atoms with E-state index in [0.717, 1.165) is 35.7 Å². The smallest absolute Gasteiger partial charge is 0.410 e. The number of hydrogen-bond acceptors (Lipinski definition) is 8. The van der Waals surface area contributed by atoms with Crippen molar-refractivity contribution in [1.29, 1.82) is 5.26 Å². The van der Waals surface area contributed by atoms with Crippen LogP contribution < -0.4 is 16.0 Å². The Morgan fingerprint density at radius 1 is 0.934 bits per heavy atom. The Balaban J connectivity index is 0.000000335. The van der Waals surface area contributed by atoms with Gasteiger partial charge >= 0.3 is 6.09 Å². The minimum absolute atomic E-state index is 0.0642. The lowest BCUT2D eigenvalue weighted by Crippen LogP contribution is -2.50. The van der Waals surface area contributed by atoms with Crippen molar-refractivity contribution in [3.63, 3.8) is 0 Å². The second-order valence-electron chi connectivity index (χ2n) is 17.4. The van der Waals surface area contributed by atoms with E-state index >= 15 is 0 Å². The van der Waals surface area contributed by atoms with E-state index in [2.05, 4.69) is 79.5 Å². The molecule has 4 N–H and O–H groups in total. The fourth-order valence-electron chi connectivity index (χ4n) is 8.83. The normalized spacial score (nSPS) is 16.0. The van der Waals surface area contributed by atoms with Crippen LogP contribution in [0.1, 0.15) is 104 Å². The summed E-state index contributed by atoms with van der Waals surface area (Å²) in [7, 11) is -1.91. The molecule has 0 aliphatic heterocycles. The molecular weight excluding hydrogens is 853 g/mol. The summed E-state index contributed by atoms with van der Waals surface area (Å²) in [5.41, 5.74) is 4.13. The van der Waals surface area contributed by atoms with Gasteiger partial charge in [0.1, 0.15) is 18.3 Å². The molecule has 0 radical (unpaired) electrons. The molecule has 0 bridgehead atoms. The fraction of sp³-hybridized carbons (Fsp3) is 0.617. The minimum Gasteiger partial charge on any atom is -0.445 e. The first-order chi connectivity index (χ1) is 29.2. The molecule has 338 valence electrons. The van der Waals surface area contributed by atoms with Gasteiger partial charge in [-0.15, -0.1) is 0 Å². The van der Waals surface area contributed by atoms with Crippen LogP contribution in [-0.2, 0) is 27.1 Å². The first kappa shape index (κ1) is 51.6. The number of aliphatic hydroxyl groups excluding tert-OH is 1. The maximum absolute atomic E-state index is 13.4. The number of alkyl halides is 1. The predicted molar refractivity (Wildman–Crippen MR) is 251 cm³/mol. The average Bonchev–Trinajstić information content (AvgIpc) is 3.61. The van der Waals surface area contributed by atoms with E-state index in [4.69, 9.17) is 14.3 Å². The number of nitrogens with one attached hydrogen (secondary N) is 3. The molecule has 12 nitrogen and oxygen atoms in total. The van der Waals surface area contributed by atoms with Crippen LogP contribution >= 0.6 is 15.9 Å². The summed E-state index contributed by atoms with van der Waals surface area (Å²) in [6.07, 6.45) is 3.65. The quantitative estimate of drug-likeness (QED) is 0.0443. The van der Waals surface area contributed by atoms with Gasteiger partial charge in [-0.2, -0.15) is 5.26 Å². The van der Waals surface area contributed by atoms with Crippen molar-refractivity contribution >= 4 is 53.1 Å². The molecule has 0 spiro atoms. The van der Waals surface area contributed by atoms with Crippen LogP contribution in [-0.4, -0.2) is 97.6 Å². The van der Waals surface area contributed by atoms with Gasteiger partial charge in [0.05, 0.1) is 25.2 Å². The number of carbonyl (C=O) groups excluding carboxylic acids is 3. The van der Waals surface area contributed by atoms with Gasteiger partial charge in [-0.3, -0.25) is 9.59 Å². The van der Waals surface area contributed by atoms with Crippen LogP contribution in [0.2, 0.25) is 16.6 Å². The number of benzene rings is 2. The number of aliphatic hydroxyl groups is 1. The van der Waals surface area contributed by atoms with Crippen molar-refractivity contribution in [1.82, 2.24) is 25.4 Å². The Bertz CT molecular complexity index is 1790. The summed E-state index contributed by atoms with van der Waals surface area (Å²) >= 11 is 3.43. The van der Waals surface area contributed by atoms with Crippen molar-refractivity contribution in [2.75, 3.05) is 44.7 Å². The number of para-hydroxylation sites is 1. The highest BCUT2D eigenvalue weighted by molar-refractivity contribution is 9.09. The molecule has 4 rings (SSSR count). The first-order valence-electron chi connectivity index (χ1n) is 22.3. The summed E-state index contributed by atoms with van der Waals surface area (Å²) in [6, 6.07) is 20.9. The van der Waals surface area contributed by atoms with Gasteiger partial charge in [-0.05, 0) is 59.5 Å². The molecule has 1 fully saturated rings. The van der Waals surface area contributed by atoms with Gasteiger partial charge in [0.25, 0.3) is 5.91 Å². The summed E-state index contributed by atoms with van der Waals surface area (Å²) in [5, 5.41) is 29.3. The van der Waals surface area contributed by atoms with Crippen molar-refractivity contribution < 1.29 is 28.7 Å². The molecular formula is C47H73BrN6O6Si.